The molecule has 2 aromatic rings. The van der Waals surface area contributed by atoms with Gasteiger partial charge in [-0.1, -0.05) is 12.1 Å². The van der Waals surface area contributed by atoms with Crippen LogP contribution in [0.3, 0.4) is 0 Å². The molecule has 4 heteroatoms. The highest BCUT2D eigenvalue weighted by Gasteiger charge is 2.09. The normalized spacial score (nSPS) is 10.8. The van der Waals surface area contributed by atoms with E-state index < -0.39 is 0 Å². The lowest BCUT2D eigenvalue weighted by atomic mass is 10.3. The first-order valence-corrected chi connectivity index (χ1v) is 4.97. The van der Waals surface area contributed by atoms with Crippen molar-refractivity contribution in [2.24, 2.45) is 0 Å². The van der Waals surface area contributed by atoms with Crippen LogP contribution in [0.5, 0.6) is 0 Å². The fourth-order valence-corrected chi connectivity index (χ4v) is 1.77. The van der Waals surface area contributed by atoms with E-state index in [4.69, 9.17) is 11.6 Å². The highest BCUT2D eigenvalue weighted by molar-refractivity contribution is 6.16. The van der Waals surface area contributed by atoms with Gasteiger partial charge in [-0.3, -0.25) is 0 Å². The number of hydrogen-bond donors (Lipinski definition) is 0. The van der Waals surface area contributed by atoms with Crippen LogP contribution in [0.15, 0.2) is 24.3 Å². The predicted octanol–water partition coefficient (Wildman–Crippen LogP) is 1.97. The smallest absolute Gasteiger partial charge is 0.143 e. The number of fused-ring (bicyclic) bond motifs is 1. The Morgan fingerprint density at radius 2 is 2.07 bits per heavy atom. The Morgan fingerprint density at radius 1 is 1.36 bits per heavy atom. The Morgan fingerprint density at radius 3 is 2.71 bits per heavy atom. The maximum absolute atomic E-state index is 5.84. The number of imidazole rings is 1. The second kappa shape index (κ2) is 3.50. The standard InChI is InChI=1S/C10H12ClN3/c1-13(2)14-9-6-4-3-5-8(9)12-10(14)7-11/h3-6H,7H2,1-2H3. The highest BCUT2D eigenvalue weighted by atomic mass is 35.5. The molecular formula is C10H12ClN3. The average Bonchev–Trinajstić information content (AvgIpc) is 2.55. The first-order valence-electron chi connectivity index (χ1n) is 4.44. The van der Waals surface area contributed by atoms with Crippen LogP contribution >= 0.6 is 11.6 Å². The summed E-state index contributed by atoms with van der Waals surface area (Å²) in [5, 5.41) is 1.98. The quantitative estimate of drug-likeness (QED) is 0.706. The molecule has 0 bridgehead atoms. The Labute approximate surface area is 87.9 Å². The second-order valence-electron chi connectivity index (χ2n) is 3.31. The second-order valence-corrected chi connectivity index (χ2v) is 3.58. The molecule has 0 amide bonds. The Bertz CT molecular complexity index is 448. The third-order valence-electron chi connectivity index (χ3n) is 2.12. The van der Waals surface area contributed by atoms with Crippen LogP contribution in [0.25, 0.3) is 11.0 Å². The fraction of sp³-hybridized carbons (Fsp3) is 0.300. The summed E-state index contributed by atoms with van der Waals surface area (Å²) in [6.45, 7) is 0. The molecule has 0 N–H and O–H groups in total. The molecule has 0 atom stereocenters. The van der Waals surface area contributed by atoms with Crippen molar-refractivity contribution in [1.82, 2.24) is 9.66 Å². The van der Waals surface area contributed by atoms with Crippen molar-refractivity contribution in [3.8, 4) is 0 Å². The van der Waals surface area contributed by atoms with Gasteiger partial charge in [0.25, 0.3) is 0 Å². The SMILES string of the molecule is CN(C)n1c(CCl)nc2ccccc21. The van der Waals surface area contributed by atoms with Gasteiger partial charge in [0.2, 0.25) is 0 Å². The first-order chi connectivity index (χ1) is 6.74. The van der Waals surface area contributed by atoms with Crippen LogP contribution in [0.4, 0.5) is 0 Å². The molecule has 0 aliphatic rings. The summed E-state index contributed by atoms with van der Waals surface area (Å²) in [6, 6.07) is 8.01. The molecule has 0 saturated heterocycles. The summed E-state index contributed by atoms with van der Waals surface area (Å²) in [4.78, 5) is 4.44. The molecule has 1 aromatic carbocycles. The van der Waals surface area contributed by atoms with Gasteiger partial charge in [0.1, 0.15) is 5.82 Å². The molecule has 0 aliphatic heterocycles. The van der Waals surface area contributed by atoms with E-state index in [9.17, 15) is 0 Å². The Hall–Kier alpha value is -1.22. The minimum Gasteiger partial charge on any atom is -0.317 e. The molecule has 1 aromatic heterocycles. The lowest BCUT2D eigenvalue weighted by Crippen LogP contribution is -2.26. The van der Waals surface area contributed by atoms with Gasteiger partial charge >= 0.3 is 0 Å². The third-order valence-corrected chi connectivity index (χ3v) is 2.36. The van der Waals surface area contributed by atoms with Gasteiger partial charge < -0.3 is 5.01 Å². The van der Waals surface area contributed by atoms with Crippen molar-refractivity contribution in [1.29, 1.82) is 0 Å². The van der Waals surface area contributed by atoms with Crippen LogP contribution in [-0.4, -0.2) is 23.8 Å². The number of rotatable bonds is 2. The van der Waals surface area contributed by atoms with Crippen molar-refractivity contribution in [3.63, 3.8) is 0 Å². The van der Waals surface area contributed by atoms with Crippen LogP contribution < -0.4 is 5.01 Å². The number of benzene rings is 1. The number of nitrogens with zero attached hydrogens (tertiary/aromatic N) is 3. The van der Waals surface area contributed by atoms with Gasteiger partial charge in [-0.05, 0) is 12.1 Å². The van der Waals surface area contributed by atoms with Gasteiger partial charge in [0.05, 0.1) is 16.9 Å². The Kier molecular flexibility index (Phi) is 2.33. The zero-order valence-electron chi connectivity index (χ0n) is 8.24. The summed E-state index contributed by atoms with van der Waals surface area (Å²) in [5.74, 6) is 1.30. The van der Waals surface area contributed by atoms with Gasteiger partial charge in [-0.2, -0.15) is 0 Å². The molecule has 74 valence electrons. The molecule has 3 nitrogen and oxygen atoms in total. The predicted molar refractivity (Wildman–Crippen MR) is 59.4 cm³/mol. The van der Waals surface area contributed by atoms with Crippen LogP contribution in [-0.2, 0) is 5.88 Å². The molecular weight excluding hydrogens is 198 g/mol. The number of para-hydroxylation sites is 2. The Balaban J connectivity index is 2.74. The topological polar surface area (TPSA) is 21.1 Å². The summed E-state index contributed by atoms with van der Waals surface area (Å²) in [6.07, 6.45) is 0. The summed E-state index contributed by atoms with van der Waals surface area (Å²) in [7, 11) is 3.95. The molecule has 0 radical (unpaired) electrons. The van der Waals surface area contributed by atoms with Gasteiger partial charge in [0.15, 0.2) is 0 Å². The minimum absolute atomic E-state index is 0.423. The number of alkyl halides is 1. The van der Waals surface area contributed by atoms with E-state index in [1.807, 2.05) is 48.0 Å². The van der Waals surface area contributed by atoms with Gasteiger partial charge in [-0.15, -0.1) is 11.6 Å². The van der Waals surface area contributed by atoms with E-state index in [0.29, 0.717) is 5.88 Å². The molecule has 0 aliphatic carbocycles. The third kappa shape index (κ3) is 1.34. The zero-order chi connectivity index (χ0) is 10.1. The molecule has 0 saturated carbocycles. The van der Waals surface area contributed by atoms with Crippen LogP contribution in [0.1, 0.15) is 5.82 Å². The van der Waals surface area contributed by atoms with E-state index in [1.54, 1.807) is 0 Å². The van der Waals surface area contributed by atoms with E-state index in [0.717, 1.165) is 16.9 Å². The van der Waals surface area contributed by atoms with Gasteiger partial charge in [0, 0.05) is 14.1 Å². The van der Waals surface area contributed by atoms with Crippen molar-refractivity contribution < 1.29 is 0 Å². The monoisotopic (exact) mass is 209 g/mol. The zero-order valence-corrected chi connectivity index (χ0v) is 8.99. The summed E-state index contributed by atoms with van der Waals surface area (Å²) >= 11 is 5.84. The maximum atomic E-state index is 5.84. The van der Waals surface area contributed by atoms with Crippen LogP contribution in [0.2, 0.25) is 0 Å². The molecule has 14 heavy (non-hydrogen) atoms. The lowest BCUT2D eigenvalue weighted by molar-refractivity contribution is 0.719. The van der Waals surface area contributed by atoms with E-state index >= 15 is 0 Å². The van der Waals surface area contributed by atoms with Crippen molar-refractivity contribution >= 4 is 22.6 Å². The summed E-state index contributed by atoms with van der Waals surface area (Å²) in [5.41, 5.74) is 2.07. The van der Waals surface area contributed by atoms with Crippen LogP contribution in [0, 0.1) is 0 Å². The number of hydrogen-bond acceptors (Lipinski definition) is 2. The fourth-order valence-electron chi connectivity index (χ4n) is 1.60. The lowest BCUT2D eigenvalue weighted by Gasteiger charge is -2.17. The number of aromatic nitrogens is 2. The highest BCUT2D eigenvalue weighted by Crippen LogP contribution is 2.16. The number of halogens is 1. The van der Waals surface area contributed by atoms with Crippen molar-refractivity contribution in [2.75, 3.05) is 19.1 Å². The largest absolute Gasteiger partial charge is 0.317 e. The van der Waals surface area contributed by atoms with Crippen molar-refractivity contribution in [2.45, 2.75) is 5.88 Å². The molecule has 0 fully saturated rings. The molecule has 0 spiro atoms. The van der Waals surface area contributed by atoms with E-state index in [2.05, 4.69) is 4.98 Å². The first kappa shape index (κ1) is 9.34. The maximum Gasteiger partial charge on any atom is 0.143 e. The summed E-state index contributed by atoms with van der Waals surface area (Å²) < 4.78 is 2.02. The molecule has 0 unspecified atom stereocenters. The van der Waals surface area contributed by atoms with E-state index in [-0.39, 0.29) is 0 Å². The van der Waals surface area contributed by atoms with E-state index in [1.165, 1.54) is 0 Å². The van der Waals surface area contributed by atoms with Gasteiger partial charge in [-0.25, -0.2) is 9.66 Å². The average molecular weight is 210 g/mol. The van der Waals surface area contributed by atoms with Crippen molar-refractivity contribution in [3.05, 3.63) is 30.1 Å². The molecule has 1 heterocycles. The molecule has 2 rings (SSSR count). The minimum atomic E-state index is 0.423.